The van der Waals surface area contributed by atoms with Gasteiger partial charge in [-0.25, -0.2) is 4.39 Å². The molecule has 0 aromatic heterocycles. The van der Waals surface area contributed by atoms with Gasteiger partial charge in [-0.05, 0) is 49.8 Å². The van der Waals surface area contributed by atoms with Crippen LogP contribution in [0, 0.1) is 11.7 Å². The lowest BCUT2D eigenvalue weighted by Gasteiger charge is -2.22. The van der Waals surface area contributed by atoms with Crippen LogP contribution < -0.4 is 0 Å². The van der Waals surface area contributed by atoms with Gasteiger partial charge >= 0.3 is 0 Å². The Hall–Kier alpha value is -0.900. The molecule has 2 nitrogen and oxygen atoms in total. The van der Waals surface area contributed by atoms with E-state index < -0.39 is 5.82 Å². The van der Waals surface area contributed by atoms with Crippen LogP contribution in [0.3, 0.4) is 0 Å². The third-order valence-corrected chi connectivity index (χ3v) is 4.06. The van der Waals surface area contributed by atoms with Crippen molar-refractivity contribution in [1.29, 1.82) is 0 Å². The minimum absolute atomic E-state index is 0.144. The smallest absolute Gasteiger partial charge is 0.257 e. The number of nitrogens with zero attached hydrogens (tertiary/aromatic N) is 1. The molecule has 1 amide bonds. The molecule has 0 aliphatic heterocycles. The molecule has 2 aliphatic rings. The Kier molecular flexibility index (Phi) is 3.14. The average Bonchev–Trinajstić information content (AvgIpc) is 3.18. The summed E-state index contributed by atoms with van der Waals surface area (Å²) in [5, 5.41) is 0. The zero-order valence-corrected chi connectivity index (χ0v) is 11.6. The molecule has 2 saturated carbocycles. The Morgan fingerprint density at radius 2 is 2.06 bits per heavy atom. The summed E-state index contributed by atoms with van der Waals surface area (Å²) in [5.74, 6) is 0.0679. The van der Waals surface area contributed by atoms with Gasteiger partial charge in [0.1, 0.15) is 5.82 Å². The van der Waals surface area contributed by atoms with Gasteiger partial charge in [0.2, 0.25) is 0 Å². The molecule has 2 fully saturated rings. The molecule has 2 aliphatic carbocycles. The van der Waals surface area contributed by atoms with Gasteiger partial charge in [-0.3, -0.25) is 4.79 Å². The van der Waals surface area contributed by atoms with E-state index in [1.807, 2.05) is 4.90 Å². The van der Waals surface area contributed by atoms with Crippen molar-refractivity contribution in [2.45, 2.75) is 31.7 Å². The van der Waals surface area contributed by atoms with Crippen LogP contribution in [0.15, 0.2) is 22.7 Å². The number of carbonyl (C=O) groups excluding carboxylic acids is 1. The van der Waals surface area contributed by atoms with E-state index in [0.717, 1.165) is 19.4 Å². The fourth-order valence-electron chi connectivity index (χ4n) is 2.18. The lowest BCUT2D eigenvalue weighted by molar-refractivity contribution is 0.0730. The minimum Gasteiger partial charge on any atom is -0.335 e. The number of rotatable bonds is 4. The van der Waals surface area contributed by atoms with E-state index in [4.69, 9.17) is 0 Å². The van der Waals surface area contributed by atoms with Crippen molar-refractivity contribution in [3.63, 3.8) is 0 Å². The Bertz CT molecular complexity index is 483. The summed E-state index contributed by atoms with van der Waals surface area (Å²) in [4.78, 5) is 14.3. The van der Waals surface area contributed by atoms with Crippen LogP contribution in [0.4, 0.5) is 4.39 Å². The zero-order chi connectivity index (χ0) is 12.7. The first-order valence-electron chi connectivity index (χ1n) is 6.41. The zero-order valence-electron chi connectivity index (χ0n) is 10.0. The molecular formula is C14H15BrFNO. The number of hydrogen-bond acceptors (Lipinski definition) is 1. The highest BCUT2D eigenvalue weighted by Crippen LogP contribution is 2.35. The number of halogens is 2. The predicted octanol–water partition coefficient (Wildman–Crippen LogP) is 3.60. The first-order valence-corrected chi connectivity index (χ1v) is 7.20. The van der Waals surface area contributed by atoms with E-state index in [-0.39, 0.29) is 11.5 Å². The summed E-state index contributed by atoms with van der Waals surface area (Å²) >= 11 is 3.21. The normalized spacial score (nSPS) is 18.8. The molecule has 0 spiro atoms. The summed E-state index contributed by atoms with van der Waals surface area (Å²) in [7, 11) is 0. The maximum absolute atomic E-state index is 13.8. The van der Waals surface area contributed by atoms with E-state index in [1.54, 1.807) is 12.1 Å². The first-order chi connectivity index (χ1) is 8.65. The lowest BCUT2D eigenvalue weighted by Crippen LogP contribution is -2.35. The standard InChI is InChI=1S/C14H15BrFNO/c15-10-3-6-12(13(16)7-10)14(18)17(11-4-5-11)8-9-1-2-9/h3,6-7,9,11H,1-2,4-5,8H2. The molecule has 18 heavy (non-hydrogen) atoms. The second kappa shape index (κ2) is 4.65. The third-order valence-electron chi connectivity index (χ3n) is 3.56. The Balaban J connectivity index is 1.81. The predicted molar refractivity (Wildman–Crippen MR) is 70.9 cm³/mol. The van der Waals surface area contributed by atoms with Gasteiger partial charge in [0, 0.05) is 17.1 Å². The summed E-state index contributed by atoms with van der Waals surface area (Å²) < 4.78 is 14.5. The Labute approximate surface area is 114 Å². The fraction of sp³-hybridized carbons (Fsp3) is 0.500. The van der Waals surface area contributed by atoms with Gasteiger partial charge in [-0.2, -0.15) is 0 Å². The SMILES string of the molecule is O=C(c1ccc(Br)cc1F)N(CC1CC1)C1CC1. The van der Waals surface area contributed by atoms with Gasteiger partial charge < -0.3 is 4.90 Å². The van der Waals surface area contributed by atoms with Crippen LogP contribution in [0.2, 0.25) is 0 Å². The minimum atomic E-state index is -0.434. The molecule has 0 radical (unpaired) electrons. The second-order valence-corrected chi connectivity index (χ2v) is 6.17. The molecule has 0 saturated heterocycles. The first kappa shape index (κ1) is 12.2. The van der Waals surface area contributed by atoms with Crippen LogP contribution >= 0.6 is 15.9 Å². The van der Waals surface area contributed by atoms with Crippen LogP contribution in [0.1, 0.15) is 36.0 Å². The fourth-order valence-corrected chi connectivity index (χ4v) is 2.51. The van der Waals surface area contributed by atoms with E-state index in [2.05, 4.69) is 15.9 Å². The maximum Gasteiger partial charge on any atom is 0.257 e. The molecule has 0 N–H and O–H groups in total. The van der Waals surface area contributed by atoms with E-state index in [1.165, 1.54) is 18.9 Å². The van der Waals surface area contributed by atoms with Gasteiger partial charge in [0.25, 0.3) is 5.91 Å². The number of amides is 1. The molecule has 1 aromatic rings. The average molecular weight is 312 g/mol. The Morgan fingerprint density at radius 1 is 1.33 bits per heavy atom. The third kappa shape index (κ3) is 2.58. The van der Waals surface area contributed by atoms with Gasteiger partial charge in [-0.1, -0.05) is 15.9 Å². The van der Waals surface area contributed by atoms with Crippen molar-refractivity contribution >= 4 is 21.8 Å². The summed E-state index contributed by atoms with van der Waals surface area (Å²) in [6.07, 6.45) is 4.55. The van der Waals surface area contributed by atoms with Crippen LogP contribution in [0.25, 0.3) is 0 Å². The van der Waals surface area contributed by atoms with E-state index >= 15 is 0 Å². The molecule has 0 bridgehead atoms. The number of benzene rings is 1. The van der Waals surface area contributed by atoms with Gasteiger partial charge in [0.05, 0.1) is 5.56 Å². The molecule has 0 heterocycles. The molecular weight excluding hydrogens is 297 g/mol. The van der Waals surface area contributed by atoms with Crippen molar-refractivity contribution in [2.24, 2.45) is 5.92 Å². The van der Waals surface area contributed by atoms with Gasteiger partial charge in [-0.15, -0.1) is 0 Å². The maximum atomic E-state index is 13.8. The summed E-state index contributed by atoms with van der Waals surface area (Å²) in [6, 6.07) is 5.00. The quantitative estimate of drug-likeness (QED) is 0.832. The highest BCUT2D eigenvalue weighted by molar-refractivity contribution is 9.10. The van der Waals surface area contributed by atoms with Crippen LogP contribution in [-0.2, 0) is 0 Å². The van der Waals surface area contributed by atoms with Crippen molar-refractivity contribution in [3.05, 3.63) is 34.1 Å². The van der Waals surface area contributed by atoms with Crippen molar-refractivity contribution in [3.8, 4) is 0 Å². The van der Waals surface area contributed by atoms with Crippen LogP contribution in [0.5, 0.6) is 0 Å². The molecule has 4 heteroatoms. The van der Waals surface area contributed by atoms with Crippen molar-refractivity contribution in [1.82, 2.24) is 4.90 Å². The molecule has 96 valence electrons. The number of hydrogen-bond donors (Lipinski definition) is 0. The largest absolute Gasteiger partial charge is 0.335 e. The topological polar surface area (TPSA) is 20.3 Å². The molecule has 0 atom stereocenters. The summed E-state index contributed by atoms with van der Waals surface area (Å²) in [6.45, 7) is 0.805. The van der Waals surface area contributed by atoms with E-state index in [0.29, 0.717) is 16.4 Å². The monoisotopic (exact) mass is 311 g/mol. The van der Waals surface area contributed by atoms with Crippen molar-refractivity contribution in [2.75, 3.05) is 6.54 Å². The van der Waals surface area contributed by atoms with E-state index in [9.17, 15) is 9.18 Å². The molecule has 0 unspecified atom stereocenters. The highest BCUT2D eigenvalue weighted by Gasteiger charge is 2.37. The number of carbonyl (C=O) groups is 1. The van der Waals surface area contributed by atoms with Crippen molar-refractivity contribution < 1.29 is 9.18 Å². The highest BCUT2D eigenvalue weighted by atomic mass is 79.9. The van der Waals surface area contributed by atoms with Crippen LogP contribution in [-0.4, -0.2) is 23.4 Å². The lowest BCUT2D eigenvalue weighted by atomic mass is 10.1. The summed E-state index contributed by atoms with van der Waals surface area (Å²) in [5.41, 5.74) is 0.200. The second-order valence-electron chi connectivity index (χ2n) is 5.26. The molecule has 3 rings (SSSR count). The molecule has 1 aromatic carbocycles. The Morgan fingerprint density at radius 3 is 2.61 bits per heavy atom. The van der Waals surface area contributed by atoms with Gasteiger partial charge in [0.15, 0.2) is 0 Å².